The molecule has 2 heterocycles. The highest BCUT2D eigenvalue weighted by Gasteiger charge is 2.23. The summed E-state index contributed by atoms with van der Waals surface area (Å²) < 4.78 is 0. The number of phenols is 1. The second-order valence-corrected chi connectivity index (χ2v) is 6.95. The van der Waals surface area contributed by atoms with Crippen LogP contribution < -0.4 is 4.90 Å². The highest BCUT2D eigenvalue weighted by atomic mass is 35.5. The molecule has 1 unspecified atom stereocenters. The molecule has 28 heavy (non-hydrogen) atoms. The number of rotatable bonds is 3. The van der Waals surface area contributed by atoms with Crippen molar-refractivity contribution in [3.8, 4) is 16.9 Å². The maximum atomic E-state index is 11.3. The van der Waals surface area contributed by atoms with Gasteiger partial charge >= 0.3 is 0 Å². The third-order valence-corrected chi connectivity index (χ3v) is 5.17. The van der Waals surface area contributed by atoms with Gasteiger partial charge in [0.15, 0.2) is 0 Å². The van der Waals surface area contributed by atoms with E-state index in [4.69, 9.17) is 11.6 Å². The Hall–Kier alpha value is -2.66. The average molecular weight is 398 g/mol. The second-order valence-electron chi connectivity index (χ2n) is 6.55. The lowest BCUT2D eigenvalue weighted by atomic mass is 9.97. The van der Waals surface area contributed by atoms with Crippen molar-refractivity contribution >= 4 is 34.6 Å². The van der Waals surface area contributed by atoms with Crippen LogP contribution in [0.15, 0.2) is 42.7 Å². The number of hydrogen-bond donors (Lipinski definition) is 1. The second kappa shape index (κ2) is 9.02. The van der Waals surface area contributed by atoms with Crippen LogP contribution in [0.2, 0.25) is 5.02 Å². The number of benzene rings is 2. The Morgan fingerprint density at radius 3 is 2.79 bits per heavy atom. The number of carbonyl (C=O) groups is 1. The average Bonchev–Trinajstić information content (AvgIpc) is 2.76. The summed E-state index contributed by atoms with van der Waals surface area (Å²) in [5.41, 5.74) is 2.60. The summed E-state index contributed by atoms with van der Waals surface area (Å²) in [6, 6.07) is 11.1. The maximum Gasteiger partial charge on any atom is 0.140 e. The van der Waals surface area contributed by atoms with Crippen molar-refractivity contribution in [2.24, 2.45) is 5.92 Å². The molecule has 1 aliphatic rings. The van der Waals surface area contributed by atoms with Gasteiger partial charge in [0.25, 0.3) is 0 Å². The molecule has 1 aliphatic heterocycles. The third-order valence-electron chi connectivity index (χ3n) is 4.85. The molecule has 146 valence electrons. The fraction of sp³-hybridized carbons (Fsp3) is 0.318. The molecule has 1 atom stereocenters. The predicted octanol–water partition coefficient (Wildman–Crippen LogP) is 5.10. The highest BCUT2D eigenvalue weighted by molar-refractivity contribution is 6.32. The summed E-state index contributed by atoms with van der Waals surface area (Å²) >= 11 is 5.96. The van der Waals surface area contributed by atoms with Crippen molar-refractivity contribution in [2.45, 2.75) is 26.7 Å². The molecule has 4 rings (SSSR count). The topological polar surface area (TPSA) is 66.3 Å². The lowest BCUT2D eigenvalue weighted by molar-refractivity contribution is -0.111. The molecule has 0 radical (unpaired) electrons. The zero-order valence-corrected chi connectivity index (χ0v) is 16.9. The van der Waals surface area contributed by atoms with Crippen molar-refractivity contribution in [3.63, 3.8) is 0 Å². The predicted molar refractivity (Wildman–Crippen MR) is 114 cm³/mol. The van der Waals surface area contributed by atoms with E-state index in [9.17, 15) is 9.90 Å². The number of phenolic OH excluding ortho intramolecular Hbond substituents is 1. The number of halogens is 1. The number of anilines is 1. The van der Waals surface area contributed by atoms with Crippen molar-refractivity contribution in [1.29, 1.82) is 0 Å². The highest BCUT2D eigenvalue weighted by Crippen LogP contribution is 2.37. The number of aromatic nitrogens is 2. The van der Waals surface area contributed by atoms with E-state index in [0.29, 0.717) is 11.6 Å². The molecule has 3 aromatic rings. The van der Waals surface area contributed by atoms with Crippen LogP contribution in [-0.4, -0.2) is 34.5 Å². The molecule has 1 fully saturated rings. The van der Waals surface area contributed by atoms with Gasteiger partial charge in [0.2, 0.25) is 0 Å². The Morgan fingerprint density at radius 1 is 1.21 bits per heavy atom. The first-order chi connectivity index (χ1) is 13.7. The summed E-state index contributed by atoms with van der Waals surface area (Å²) in [5.74, 6) is 0.894. The van der Waals surface area contributed by atoms with Gasteiger partial charge in [-0.2, -0.15) is 0 Å². The van der Waals surface area contributed by atoms with Crippen LogP contribution in [0.3, 0.4) is 0 Å². The Bertz CT molecular complexity index is 972. The minimum absolute atomic E-state index is 0.0282. The van der Waals surface area contributed by atoms with Gasteiger partial charge in [-0.15, -0.1) is 0 Å². The molecule has 1 saturated heterocycles. The van der Waals surface area contributed by atoms with E-state index in [2.05, 4.69) is 14.9 Å². The largest absolute Gasteiger partial charge is 0.506 e. The summed E-state index contributed by atoms with van der Waals surface area (Å²) in [4.78, 5) is 22.4. The van der Waals surface area contributed by atoms with Crippen LogP contribution in [-0.2, 0) is 4.79 Å². The zero-order chi connectivity index (χ0) is 20.1. The molecule has 0 amide bonds. The molecule has 0 bridgehead atoms. The summed E-state index contributed by atoms with van der Waals surface area (Å²) in [5, 5.41) is 11.2. The van der Waals surface area contributed by atoms with Gasteiger partial charge in [0.1, 0.15) is 24.2 Å². The monoisotopic (exact) mass is 397 g/mol. The van der Waals surface area contributed by atoms with Crippen LogP contribution in [0.25, 0.3) is 22.0 Å². The first-order valence-corrected chi connectivity index (χ1v) is 9.98. The third kappa shape index (κ3) is 3.94. The summed E-state index contributed by atoms with van der Waals surface area (Å²) in [6.07, 6.45) is 4.47. The lowest BCUT2D eigenvalue weighted by Gasteiger charge is -2.32. The van der Waals surface area contributed by atoms with Gasteiger partial charge in [-0.1, -0.05) is 43.6 Å². The van der Waals surface area contributed by atoms with E-state index in [-0.39, 0.29) is 11.7 Å². The van der Waals surface area contributed by atoms with Gasteiger partial charge in [0, 0.05) is 19.0 Å². The fourth-order valence-corrected chi connectivity index (χ4v) is 3.68. The van der Waals surface area contributed by atoms with Gasteiger partial charge in [0.05, 0.1) is 15.9 Å². The van der Waals surface area contributed by atoms with E-state index in [0.717, 1.165) is 53.5 Å². The Labute approximate surface area is 170 Å². The number of aldehydes is 1. The zero-order valence-electron chi connectivity index (χ0n) is 16.1. The smallest absolute Gasteiger partial charge is 0.140 e. The quantitative estimate of drug-likeness (QED) is 0.623. The van der Waals surface area contributed by atoms with Crippen LogP contribution in [0.5, 0.6) is 5.75 Å². The first kappa shape index (κ1) is 20.1. The van der Waals surface area contributed by atoms with Gasteiger partial charge in [-0.25, -0.2) is 9.97 Å². The molecule has 6 heteroatoms. The number of fused-ring (bicyclic) bond motifs is 1. The van der Waals surface area contributed by atoms with Crippen LogP contribution in [0, 0.1) is 5.92 Å². The maximum absolute atomic E-state index is 11.3. The molecule has 1 N–H and O–H groups in total. The molecular formula is C22H24ClN3O2. The van der Waals surface area contributed by atoms with Crippen molar-refractivity contribution in [1.82, 2.24) is 9.97 Å². The lowest BCUT2D eigenvalue weighted by Crippen LogP contribution is -2.36. The van der Waals surface area contributed by atoms with Crippen molar-refractivity contribution < 1.29 is 9.90 Å². The number of carbonyl (C=O) groups excluding carboxylic acids is 1. The van der Waals surface area contributed by atoms with Gasteiger partial charge < -0.3 is 14.8 Å². The summed E-state index contributed by atoms with van der Waals surface area (Å²) in [7, 11) is 0. The number of nitrogens with zero attached hydrogens (tertiary/aromatic N) is 3. The van der Waals surface area contributed by atoms with E-state index < -0.39 is 0 Å². The normalized spacial score (nSPS) is 16.4. The standard InChI is InChI=1S/C20H18ClN3O2.C2H6/c21-16-7-6-14(9-18(16)26)15-4-1-5-17-19(15)20(23-12-22-17)24-8-2-3-13(10-24)11-25;1-2/h1,4-7,9,11-13,26H,2-3,8,10H2;1-2H3. The molecule has 0 saturated carbocycles. The Kier molecular flexibility index (Phi) is 6.47. The number of hydrogen-bond acceptors (Lipinski definition) is 5. The van der Waals surface area contributed by atoms with Crippen LogP contribution in [0.4, 0.5) is 5.82 Å². The Morgan fingerprint density at radius 2 is 2.04 bits per heavy atom. The Balaban J connectivity index is 0.00000109. The van der Waals surface area contributed by atoms with E-state index >= 15 is 0 Å². The molecule has 2 aromatic carbocycles. The van der Waals surface area contributed by atoms with E-state index in [1.807, 2.05) is 38.1 Å². The molecule has 1 aromatic heterocycles. The number of aromatic hydroxyl groups is 1. The molecule has 0 aliphatic carbocycles. The number of piperidine rings is 1. The SMILES string of the molecule is CC.O=CC1CCCN(c2ncnc3cccc(-c4ccc(Cl)c(O)c4)c23)C1. The fourth-order valence-electron chi connectivity index (χ4n) is 3.57. The van der Waals surface area contributed by atoms with Crippen molar-refractivity contribution in [3.05, 3.63) is 47.7 Å². The van der Waals surface area contributed by atoms with Crippen LogP contribution >= 0.6 is 11.6 Å². The van der Waals surface area contributed by atoms with Gasteiger partial charge in [-0.3, -0.25) is 0 Å². The van der Waals surface area contributed by atoms with E-state index in [1.165, 1.54) is 0 Å². The van der Waals surface area contributed by atoms with Gasteiger partial charge in [-0.05, 0) is 42.2 Å². The molecule has 5 nitrogen and oxygen atoms in total. The minimum atomic E-state index is 0.0282. The van der Waals surface area contributed by atoms with Crippen LogP contribution in [0.1, 0.15) is 26.7 Å². The molecular weight excluding hydrogens is 374 g/mol. The van der Waals surface area contributed by atoms with Crippen molar-refractivity contribution in [2.75, 3.05) is 18.0 Å². The first-order valence-electron chi connectivity index (χ1n) is 9.60. The molecule has 0 spiro atoms. The minimum Gasteiger partial charge on any atom is -0.506 e. The van der Waals surface area contributed by atoms with E-state index in [1.54, 1.807) is 18.5 Å². The summed E-state index contributed by atoms with van der Waals surface area (Å²) in [6.45, 7) is 5.52.